The van der Waals surface area contributed by atoms with Gasteiger partial charge in [-0.05, 0) is 30.8 Å². The van der Waals surface area contributed by atoms with Crippen molar-refractivity contribution in [3.05, 3.63) is 27.9 Å². The number of aromatic nitrogens is 1. The number of likely N-dealkylation sites (tertiary alicyclic amines) is 1. The van der Waals surface area contributed by atoms with Gasteiger partial charge < -0.3 is 5.11 Å². The highest BCUT2D eigenvalue weighted by Gasteiger charge is 2.36. The van der Waals surface area contributed by atoms with Crippen molar-refractivity contribution in [2.24, 2.45) is 5.41 Å². The van der Waals surface area contributed by atoms with Gasteiger partial charge in [-0.15, -0.1) is 11.3 Å². The molecule has 1 N–H and O–H groups in total. The van der Waals surface area contributed by atoms with Crippen LogP contribution in [0.2, 0.25) is 0 Å². The van der Waals surface area contributed by atoms with Crippen LogP contribution in [0.25, 0.3) is 10.6 Å². The molecule has 0 radical (unpaired) electrons. The number of thiazole rings is 1. The van der Waals surface area contributed by atoms with Crippen LogP contribution in [0.15, 0.2) is 22.2 Å². The van der Waals surface area contributed by atoms with E-state index in [1.807, 2.05) is 0 Å². The smallest absolute Gasteiger partial charge is 0.124 e. The minimum atomic E-state index is 0.126. The SMILES string of the molecule is CCCC1(CO)CCN(Cc2csc(-c3ccsc3)n2)C1. The Labute approximate surface area is 134 Å². The number of nitrogens with zero attached hydrogens (tertiary/aromatic N) is 2. The molecule has 3 rings (SSSR count). The lowest BCUT2D eigenvalue weighted by atomic mass is 9.83. The molecule has 3 heterocycles. The molecule has 0 bridgehead atoms. The Morgan fingerprint density at radius 3 is 3.05 bits per heavy atom. The highest BCUT2D eigenvalue weighted by molar-refractivity contribution is 7.14. The van der Waals surface area contributed by atoms with E-state index in [0.29, 0.717) is 6.61 Å². The van der Waals surface area contributed by atoms with Crippen molar-refractivity contribution < 1.29 is 5.11 Å². The standard InChI is InChI=1S/C16H22N2OS2/c1-2-4-16(12-19)5-6-18(11-16)8-14-10-21-15(17-14)13-3-7-20-9-13/h3,7,9-10,19H,2,4-6,8,11-12H2,1H3. The van der Waals surface area contributed by atoms with Crippen molar-refractivity contribution >= 4 is 22.7 Å². The highest BCUT2D eigenvalue weighted by Crippen LogP contribution is 2.35. The Balaban J connectivity index is 1.63. The number of hydrogen-bond donors (Lipinski definition) is 1. The van der Waals surface area contributed by atoms with E-state index in [-0.39, 0.29) is 5.41 Å². The largest absolute Gasteiger partial charge is 0.396 e. The van der Waals surface area contributed by atoms with Crippen LogP contribution in [-0.2, 0) is 6.54 Å². The van der Waals surface area contributed by atoms with Crippen LogP contribution in [0.1, 0.15) is 31.9 Å². The van der Waals surface area contributed by atoms with Gasteiger partial charge in [0.05, 0.1) is 5.69 Å². The molecule has 0 aromatic carbocycles. The second-order valence-corrected chi connectivity index (χ2v) is 7.66. The molecule has 3 nitrogen and oxygen atoms in total. The molecule has 5 heteroatoms. The van der Waals surface area contributed by atoms with Crippen LogP contribution >= 0.6 is 22.7 Å². The summed E-state index contributed by atoms with van der Waals surface area (Å²) in [5.74, 6) is 0. The molecule has 2 aromatic heterocycles. The fourth-order valence-electron chi connectivity index (χ4n) is 3.23. The summed E-state index contributed by atoms with van der Waals surface area (Å²) in [6.07, 6.45) is 3.38. The third kappa shape index (κ3) is 3.37. The molecule has 1 fully saturated rings. The average molecular weight is 322 g/mol. The summed E-state index contributed by atoms with van der Waals surface area (Å²) in [5.41, 5.74) is 2.51. The van der Waals surface area contributed by atoms with E-state index >= 15 is 0 Å². The zero-order chi connectivity index (χ0) is 14.7. The predicted molar refractivity (Wildman–Crippen MR) is 89.7 cm³/mol. The molecule has 114 valence electrons. The molecular formula is C16H22N2OS2. The maximum absolute atomic E-state index is 9.72. The van der Waals surface area contributed by atoms with Crippen LogP contribution < -0.4 is 0 Å². The molecule has 21 heavy (non-hydrogen) atoms. The van der Waals surface area contributed by atoms with E-state index in [1.54, 1.807) is 22.7 Å². The Morgan fingerprint density at radius 1 is 1.43 bits per heavy atom. The van der Waals surface area contributed by atoms with Crippen molar-refractivity contribution in [2.45, 2.75) is 32.7 Å². The van der Waals surface area contributed by atoms with Gasteiger partial charge in [0, 0.05) is 41.4 Å². The number of thiophene rings is 1. The molecular weight excluding hydrogens is 300 g/mol. The van der Waals surface area contributed by atoms with E-state index in [9.17, 15) is 5.11 Å². The van der Waals surface area contributed by atoms with E-state index in [1.165, 1.54) is 5.56 Å². The Kier molecular flexibility index (Phi) is 4.74. The Morgan fingerprint density at radius 2 is 2.33 bits per heavy atom. The van der Waals surface area contributed by atoms with Gasteiger partial charge in [0.2, 0.25) is 0 Å². The number of aliphatic hydroxyl groups is 1. The fraction of sp³-hybridized carbons (Fsp3) is 0.562. The summed E-state index contributed by atoms with van der Waals surface area (Å²) in [7, 11) is 0. The quantitative estimate of drug-likeness (QED) is 0.877. The van der Waals surface area contributed by atoms with Crippen molar-refractivity contribution in [1.29, 1.82) is 0 Å². The van der Waals surface area contributed by atoms with Gasteiger partial charge in [-0.3, -0.25) is 4.90 Å². The summed E-state index contributed by atoms with van der Waals surface area (Å²) in [5, 5.41) is 17.3. The molecule has 2 aromatic rings. The van der Waals surface area contributed by atoms with Gasteiger partial charge in [-0.2, -0.15) is 11.3 Å². The van der Waals surface area contributed by atoms with Crippen molar-refractivity contribution in [2.75, 3.05) is 19.7 Å². The normalized spacial score (nSPS) is 23.0. The summed E-state index contributed by atoms with van der Waals surface area (Å²) in [6, 6.07) is 2.13. The lowest BCUT2D eigenvalue weighted by molar-refractivity contribution is 0.117. The second-order valence-electron chi connectivity index (χ2n) is 6.02. The maximum Gasteiger partial charge on any atom is 0.124 e. The topological polar surface area (TPSA) is 36.4 Å². The third-order valence-electron chi connectivity index (χ3n) is 4.34. The fourth-order valence-corrected chi connectivity index (χ4v) is 4.76. The van der Waals surface area contributed by atoms with E-state index < -0.39 is 0 Å². The summed E-state index contributed by atoms with van der Waals surface area (Å²) in [4.78, 5) is 7.20. The minimum Gasteiger partial charge on any atom is -0.396 e. The molecule has 1 atom stereocenters. The first-order chi connectivity index (χ1) is 10.2. The monoisotopic (exact) mass is 322 g/mol. The molecule has 0 spiro atoms. The van der Waals surface area contributed by atoms with Crippen molar-refractivity contribution in [3.63, 3.8) is 0 Å². The first-order valence-electron chi connectivity index (χ1n) is 7.55. The van der Waals surface area contributed by atoms with Gasteiger partial charge >= 0.3 is 0 Å². The van der Waals surface area contributed by atoms with Crippen molar-refractivity contribution in [3.8, 4) is 10.6 Å². The first-order valence-corrected chi connectivity index (χ1v) is 9.37. The molecule has 0 amide bonds. The highest BCUT2D eigenvalue weighted by atomic mass is 32.1. The number of rotatable bonds is 6. The van der Waals surface area contributed by atoms with Gasteiger partial charge in [-0.25, -0.2) is 4.98 Å². The lowest BCUT2D eigenvalue weighted by Gasteiger charge is -2.26. The van der Waals surface area contributed by atoms with Gasteiger partial charge in [-0.1, -0.05) is 13.3 Å². The molecule has 1 aliphatic rings. The Bertz CT molecular complexity index is 567. The van der Waals surface area contributed by atoms with Gasteiger partial charge in [0.25, 0.3) is 0 Å². The average Bonchev–Trinajstić information content (AvgIpc) is 3.20. The Hall–Kier alpha value is -0.750. The predicted octanol–water partition coefficient (Wildman–Crippen LogP) is 3.86. The van der Waals surface area contributed by atoms with Crippen molar-refractivity contribution in [1.82, 2.24) is 9.88 Å². The van der Waals surface area contributed by atoms with Crippen LogP contribution in [0.3, 0.4) is 0 Å². The molecule has 1 aliphatic heterocycles. The van der Waals surface area contributed by atoms with E-state index in [0.717, 1.165) is 49.6 Å². The van der Waals surface area contributed by atoms with Crippen LogP contribution in [-0.4, -0.2) is 34.7 Å². The zero-order valence-electron chi connectivity index (χ0n) is 12.4. The van der Waals surface area contributed by atoms with E-state index in [2.05, 4.69) is 34.0 Å². The third-order valence-corrected chi connectivity index (χ3v) is 5.96. The summed E-state index contributed by atoms with van der Waals surface area (Å²) in [6.45, 7) is 5.50. The van der Waals surface area contributed by atoms with Crippen LogP contribution in [0.5, 0.6) is 0 Å². The van der Waals surface area contributed by atoms with Crippen LogP contribution in [0.4, 0.5) is 0 Å². The summed E-state index contributed by atoms with van der Waals surface area (Å²) < 4.78 is 0. The van der Waals surface area contributed by atoms with Gasteiger partial charge in [0.1, 0.15) is 5.01 Å². The van der Waals surface area contributed by atoms with Crippen LogP contribution in [0, 0.1) is 5.41 Å². The zero-order valence-corrected chi connectivity index (χ0v) is 14.1. The minimum absolute atomic E-state index is 0.126. The first kappa shape index (κ1) is 15.2. The van der Waals surface area contributed by atoms with E-state index in [4.69, 9.17) is 4.98 Å². The number of hydrogen-bond acceptors (Lipinski definition) is 5. The maximum atomic E-state index is 9.72. The van der Waals surface area contributed by atoms with Gasteiger partial charge in [0.15, 0.2) is 0 Å². The molecule has 1 saturated heterocycles. The second kappa shape index (κ2) is 6.57. The lowest BCUT2D eigenvalue weighted by Crippen LogP contribution is -2.30. The summed E-state index contributed by atoms with van der Waals surface area (Å²) >= 11 is 3.44. The molecule has 1 unspecified atom stereocenters. The number of aliphatic hydroxyl groups excluding tert-OH is 1. The molecule has 0 saturated carbocycles. The molecule has 0 aliphatic carbocycles.